The van der Waals surface area contributed by atoms with Crippen molar-refractivity contribution in [2.45, 2.75) is 31.7 Å². The minimum Gasteiger partial charge on any atom is -0.449 e. The van der Waals surface area contributed by atoms with E-state index in [1.165, 1.54) is 0 Å². The first kappa shape index (κ1) is 16.3. The van der Waals surface area contributed by atoms with E-state index < -0.39 is 17.7 Å². The number of Topliss-reactive ketones (excluding diaryl/α,β-unsaturated/α-hetero) is 2. The minimum atomic E-state index is -0.913. The summed E-state index contributed by atoms with van der Waals surface area (Å²) in [5.74, 6) is -0.894. The zero-order valence-corrected chi connectivity index (χ0v) is 14.7. The molecule has 4 rings (SSSR count). The molecule has 1 aliphatic carbocycles. The van der Waals surface area contributed by atoms with Gasteiger partial charge in [0.25, 0.3) is 0 Å². The lowest BCUT2D eigenvalue weighted by atomic mass is 9.81. The molecule has 0 aromatic rings. The van der Waals surface area contributed by atoms with Gasteiger partial charge < -0.3 is 20.1 Å². The van der Waals surface area contributed by atoms with Crippen LogP contribution in [0.2, 0.25) is 0 Å². The maximum Gasteiger partial charge on any atom is 0.404 e. The van der Waals surface area contributed by atoms with E-state index in [2.05, 4.69) is 4.90 Å². The minimum absolute atomic E-state index is 0.0331. The van der Waals surface area contributed by atoms with E-state index in [0.29, 0.717) is 29.0 Å². The topological polar surface area (TPSA) is 102 Å². The molecule has 2 fully saturated rings. The third kappa shape index (κ3) is 1.76. The third-order valence-corrected chi connectivity index (χ3v) is 6.25. The molecule has 0 aromatic heterocycles. The number of carbonyl (C=O) groups is 3. The summed E-state index contributed by atoms with van der Waals surface area (Å²) >= 11 is 0. The van der Waals surface area contributed by atoms with Crippen LogP contribution in [0.4, 0.5) is 4.79 Å². The molecule has 134 valence electrons. The van der Waals surface area contributed by atoms with Gasteiger partial charge in [0.05, 0.1) is 17.7 Å². The number of ketones is 2. The lowest BCUT2D eigenvalue weighted by molar-refractivity contribution is -0.144. The van der Waals surface area contributed by atoms with Gasteiger partial charge in [0.2, 0.25) is 5.78 Å². The summed E-state index contributed by atoms with van der Waals surface area (Å²) in [5.41, 5.74) is 5.92. The highest BCUT2D eigenvalue weighted by Crippen LogP contribution is 2.59. The lowest BCUT2D eigenvalue weighted by Gasteiger charge is -2.40. The van der Waals surface area contributed by atoms with E-state index >= 15 is 0 Å². The predicted molar refractivity (Wildman–Crippen MR) is 86.2 cm³/mol. The Bertz CT molecular complexity index is 785. The Balaban J connectivity index is 1.85. The van der Waals surface area contributed by atoms with Crippen LogP contribution in [0.1, 0.15) is 13.8 Å². The second-order valence-electron chi connectivity index (χ2n) is 7.10. The first-order chi connectivity index (χ1) is 11.8. The Morgan fingerprint density at radius 3 is 2.52 bits per heavy atom. The van der Waals surface area contributed by atoms with E-state index in [0.717, 1.165) is 0 Å². The summed E-state index contributed by atoms with van der Waals surface area (Å²) < 4.78 is 11.0. The van der Waals surface area contributed by atoms with Gasteiger partial charge in [-0.25, -0.2) is 4.79 Å². The molecule has 2 saturated heterocycles. The third-order valence-electron chi connectivity index (χ3n) is 6.25. The summed E-state index contributed by atoms with van der Waals surface area (Å²) in [7, 11) is 3.55. The van der Waals surface area contributed by atoms with E-state index in [1.54, 1.807) is 21.0 Å². The van der Waals surface area contributed by atoms with Crippen molar-refractivity contribution < 1.29 is 23.9 Å². The Kier molecular flexibility index (Phi) is 3.21. The summed E-state index contributed by atoms with van der Waals surface area (Å²) in [6.07, 6.45) is -0.913. The molecule has 3 aliphatic heterocycles. The van der Waals surface area contributed by atoms with Crippen LogP contribution < -0.4 is 5.73 Å². The Labute approximate surface area is 145 Å². The van der Waals surface area contributed by atoms with Gasteiger partial charge >= 0.3 is 6.09 Å². The van der Waals surface area contributed by atoms with Crippen LogP contribution in [-0.4, -0.2) is 72.6 Å². The smallest absolute Gasteiger partial charge is 0.404 e. The molecule has 0 bridgehead atoms. The van der Waals surface area contributed by atoms with Crippen molar-refractivity contribution in [2.75, 3.05) is 27.3 Å². The molecule has 0 radical (unpaired) electrons. The average molecular weight is 347 g/mol. The number of nitrogens with zero attached hydrogens (tertiary/aromatic N) is 2. The van der Waals surface area contributed by atoms with E-state index in [9.17, 15) is 14.4 Å². The van der Waals surface area contributed by atoms with Crippen molar-refractivity contribution in [3.63, 3.8) is 0 Å². The van der Waals surface area contributed by atoms with Gasteiger partial charge in [-0.2, -0.15) is 0 Å². The average Bonchev–Trinajstić information content (AvgIpc) is 2.96. The van der Waals surface area contributed by atoms with Gasteiger partial charge in [0.15, 0.2) is 11.5 Å². The molecule has 2 N–H and O–H groups in total. The molecule has 8 nitrogen and oxygen atoms in total. The van der Waals surface area contributed by atoms with E-state index in [4.69, 9.17) is 15.2 Å². The van der Waals surface area contributed by atoms with Crippen LogP contribution in [0.25, 0.3) is 0 Å². The number of fused-ring (bicyclic) bond motifs is 4. The quantitative estimate of drug-likeness (QED) is 0.557. The first-order valence-corrected chi connectivity index (χ1v) is 8.25. The fraction of sp³-hybridized carbons (Fsp3) is 0.588. The molecule has 5 unspecified atom stereocenters. The Morgan fingerprint density at radius 1 is 1.28 bits per heavy atom. The van der Waals surface area contributed by atoms with Gasteiger partial charge in [-0.3, -0.25) is 14.5 Å². The molecule has 0 spiro atoms. The molecule has 1 amide bonds. The fourth-order valence-electron chi connectivity index (χ4n) is 4.84. The standard InChI is InChI=1S/C17H21N3O5/c1-7-8(2)14(22)12-11(13(7)21)9(6-25-16(18)23)17(24-4)15-10(19(15)3)5-20(12)17/h9-10,15H,5-6H2,1-4H3,(H2,18,23). The Morgan fingerprint density at radius 2 is 1.92 bits per heavy atom. The number of methoxy groups -OCH3 is 1. The van der Waals surface area contributed by atoms with Crippen LogP contribution in [-0.2, 0) is 19.1 Å². The van der Waals surface area contributed by atoms with Crippen molar-refractivity contribution in [1.29, 1.82) is 0 Å². The predicted octanol–water partition coefficient (Wildman–Crippen LogP) is -0.205. The number of primary amides is 1. The van der Waals surface area contributed by atoms with Crippen molar-refractivity contribution in [3.8, 4) is 0 Å². The number of carbonyl (C=O) groups excluding carboxylic acids is 3. The van der Waals surface area contributed by atoms with Crippen LogP contribution >= 0.6 is 0 Å². The van der Waals surface area contributed by atoms with Crippen LogP contribution in [0.3, 0.4) is 0 Å². The number of nitrogens with two attached hydrogens (primary N) is 1. The van der Waals surface area contributed by atoms with Crippen molar-refractivity contribution in [1.82, 2.24) is 9.80 Å². The number of ether oxygens (including phenoxy) is 2. The van der Waals surface area contributed by atoms with Crippen molar-refractivity contribution in [3.05, 3.63) is 22.4 Å². The highest BCUT2D eigenvalue weighted by Gasteiger charge is 2.75. The van der Waals surface area contributed by atoms with Gasteiger partial charge in [0, 0.05) is 36.4 Å². The number of amides is 1. The number of rotatable bonds is 3. The monoisotopic (exact) mass is 347 g/mol. The van der Waals surface area contributed by atoms with E-state index in [-0.39, 0.29) is 30.3 Å². The molecular formula is C17H21N3O5. The van der Waals surface area contributed by atoms with Crippen LogP contribution in [0.15, 0.2) is 22.4 Å². The van der Waals surface area contributed by atoms with Crippen molar-refractivity contribution >= 4 is 17.7 Å². The second-order valence-corrected chi connectivity index (χ2v) is 7.10. The number of likely N-dealkylation sites (N-methyl/N-ethyl adjacent to an activating group) is 1. The molecule has 25 heavy (non-hydrogen) atoms. The summed E-state index contributed by atoms with van der Waals surface area (Å²) in [5, 5.41) is 0. The SMILES string of the molecule is COC12C(COC(N)=O)C3=C(C(=O)C(C)=C(C)C3=O)N1CC1C2N1C. The highest BCUT2D eigenvalue weighted by atomic mass is 16.6. The number of piperazine rings is 1. The molecule has 0 aromatic carbocycles. The van der Waals surface area contributed by atoms with E-state index in [1.807, 2.05) is 11.9 Å². The zero-order chi connectivity index (χ0) is 18.3. The lowest BCUT2D eigenvalue weighted by Crippen LogP contribution is -2.55. The highest BCUT2D eigenvalue weighted by molar-refractivity contribution is 6.25. The van der Waals surface area contributed by atoms with Gasteiger partial charge in [-0.05, 0) is 20.9 Å². The number of hydrogen-bond acceptors (Lipinski definition) is 7. The summed E-state index contributed by atoms with van der Waals surface area (Å²) in [6.45, 7) is 3.83. The Hall–Kier alpha value is -2.19. The van der Waals surface area contributed by atoms with Crippen LogP contribution in [0.5, 0.6) is 0 Å². The molecular weight excluding hydrogens is 326 g/mol. The summed E-state index contributed by atoms with van der Waals surface area (Å²) in [4.78, 5) is 41.1. The largest absolute Gasteiger partial charge is 0.449 e. The maximum absolute atomic E-state index is 13.0. The maximum atomic E-state index is 13.0. The molecule has 3 heterocycles. The van der Waals surface area contributed by atoms with Gasteiger partial charge in [0.1, 0.15) is 6.61 Å². The first-order valence-electron chi connectivity index (χ1n) is 8.25. The van der Waals surface area contributed by atoms with Gasteiger partial charge in [-0.1, -0.05) is 0 Å². The number of hydrogen-bond donors (Lipinski definition) is 1. The molecule has 4 aliphatic rings. The normalized spacial score (nSPS) is 38.8. The molecule has 0 saturated carbocycles. The molecule has 8 heteroatoms. The summed E-state index contributed by atoms with van der Waals surface area (Å²) in [6, 6.07) is 0.283. The van der Waals surface area contributed by atoms with Gasteiger partial charge in [-0.15, -0.1) is 0 Å². The van der Waals surface area contributed by atoms with Crippen LogP contribution in [0, 0.1) is 5.92 Å². The number of allylic oxidation sites excluding steroid dienone is 2. The zero-order valence-electron chi connectivity index (χ0n) is 14.7. The second kappa shape index (κ2) is 4.92. The molecule has 5 atom stereocenters. The fourth-order valence-corrected chi connectivity index (χ4v) is 4.84. The van der Waals surface area contributed by atoms with Crippen molar-refractivity contribution in [2.24, 2.45) is 11.7 Å².